The van der Waals surface area contributed by atoms with Gasteiger partial charge in [0.2, 0.25) is 0 Å². The van der Waals surface area contributed by atoms with Gasteiger partial charge in [0.05, 0.1) is 0 Å². The first-order chi connectivity index (χ1) is 14.5. The first-order valence-electron chi connectivity index (χ1n) is 9.71. The number of carbonyl (C=O) groups excluding carboxylic acids is 2. The molecule has 0 unspecified atom stereocenters. The van der Waals surface area contributed by atoms with E-state index in [-0.39, 0.29) is 18.5 Å². The molecular weight excluding hydrogens is 427 g/mol. The summed E-state index contributed by atoms with van der Waals surface area (Å²) in [5.41, 5.74) is 3.55. The van der Waals surface area contributed by atoms with Crippen LogP contribution in [0.2, 0.25) is 10.0 Å². The van der Waals surface area contributed by atoms with Crippen LogP contribution in [0.25, 0.3) is 0 Å². The molecule has 3 amide bonds. The van der Waals surface area contributed by atoms with E-state index >= 15 is 0 Å². The summed E-state index contributed by atoms with van der Waals surface area (Å²) in [5.74, 6) is 0.750. The van der Waals surface area contributed by atoms with Crippen LogP contribution in [-0.4, -0.2) is 43.2 Å². The van der Waals surface area contributed by atoms with Crippen LogP contribution < -0.4 is 20.8 Å². The number of carbonyl (C=O) groups is 2. The van der Waals surface area contributed by atoms with E-state index in [9.17, 15) is 9.59 Å². The largest absolute Gasteiger partial charge is 0.484 e. The molecule has 0 saturated carbocycles. The van der Waals surface area contributed by atoms with E-state index in [1.165, 1.54) is 0 Å². The van der Waals surface area contributed by atoms with Crippen LogP contribution in [0.4, 0.5) is 10.5 Å². The number of nitrogens with one attached hydrogen (secondary N) is 3. The molecule has 0 atom stereocenters. The van der Waals surface area contributed by atoms with Crippen molar-refractivity contribution in [3.05, 3.63) is 58.6 Å². The molecule has 1 heterocycles. The van der Waals surface area contributed by atoms with E-state index in [0.717, 1.165) is 25.9 Å². The van der Waals surface area contributed by atoms with Crippen LogP contribution in [0, 0.1) is 5.92 Å². The highest BCUT2D eigenvalue weighted by Gasteiger charge is 2.21. The summed E-state index contributed by atoms with van der Waals surface area (Å²) < 4.78 is 5.45. The Morgan fingerprint density at radius 2 is 1.57 bits per heavy atom. The molecule has 2 aromatic rings. The Balaban J connectivity index is 1.30. The van der Waals surface area contributed by atoms with E-state index < -0.39 is 0 Å². The van der Waals surface area contributed by atoms with Crippen molar-refractivity contribution in [2.45, 2.75) is 12.8 Å². The second kappa shape index (κ2) is 11.1. The van der Waals surface area contributed by atoms with Crippen LogP contribution in [0.5, 0.6) is 5.75 Å². The third-order valence-electron chi connectivity index (χ3n) is 4.73. The number of nitrogens with zero attached hydrogens (tertiary/aromatic N) is 1. The van der Waals surface area contributed by atoms with Gasteiger partial charge in [-0.3, -0.25) is 10.2 Å². The van der Waals surface area contributed by atoms with Crippen molar-refractivity contribution in [3.63, 3.8) is 0 Å². The number of hydrogen-bond acceptors (Lipinski definition) is 4. The van der Waals surface area contributed by atoms with E-state index in [2.05, 4.69) is 16.1 Å². The highest BCUT2D eigenvalue weighted by molar-refractivity contribution is 6.30. The van der Waals surface area contributed by atoms with Crippen LogP contribution in [0.15, 0.2) is 48.5 Å². The fraction of sp³-hybridized carbons (Fsp3) is 0.333. The number of amides is 3. The Kier molecular flexibility index (Phi) is 8.19. The van der Waals surface area contributed by atoms with Gasteiger partial charge in [-0.05, 0) is 67.3 Å². The summed E-state index contributed by atoms with van der Waals surface area (Å²) in [6.07, 6.45) is 1.75. The van der Waals surface area contributed by atoms with Crippen LogP contribution in [0.3, 0.4) is 0 Å². The molecule has 1 fully saturated rings. The SMILES string of the molecule is O=C(COc1ccc(Cl)cc1)NN1CCC(CNC(=O)Nc2ccc(Cl)cc2)CC1. The van der Waals surface area contributed by atoms with Crippen molar-refractivity contribution in [3.8, 4) is 5.75 Å². The van der Waals surface area contributed by atoms with Crippen molar-refractivity contribution in [2.24, 2.45) is 5.92 Å². The molecule has 3 rings (SSSR count). The lowest BCUT2D eigenvalue weighted by Crippen LogP contribution is -2.49. The molecule has 2 aromatic carbocycles. The summed E-state index contributed by atoms with van der Waals surface area (Å²) >= 11 is 11.7. The predicted octanol–water partition coefficient (Wildman–Crippen LogP) is 3.94. The maximum Gasteiger partial charge on any atom is 0.319 e. The Labute approximate surface area is 185 Å². The first-order valence-corrected chi connectivity index (χ1v) is 10.5. The molecule has 9 heteroatoms. The van der Waals surface area contributed by atoms with Crippen LogP contribution in [-0.2, 0) is 4.79 Å². The number of urea groups is 1. The zero-order valence-corrected chi connectivity index (χ0v) is 17.9. The lowest BCUT2D eigenvalue weighted by atomic mass is 9.98. The van der Waals surface area contributed by atoms with Crippen molar-refractivity contribution in [1.82, 2.24) is 15.8 Å². The summed E-state index contributed by atoms with van der Waals surface area (Å²) in [5, 5.41) is 8.80. The zero-order chi connectivity index (χ0) is 21.3. The van der Waals surface area contributed by atoms with Crippen LogP contribution in [0.1, 0.15) is 12.8 Å². The molecule has 1 saturated heterocycles. The molecule has 30 heavy (non-hydrogen) atoms. The first kappa shape index (κ1) is 22.2. The molecule has 1 aliphatic rings. The molecule has 0 aromatic heterocycles. The Bertz CT molecular complexity index is 838. The number of halogens is 2. The monoisotopic (exact) mass is 450 g/mol. The summed E-state index contributed by atoms with van der Waals surface area (Å²) in [4.78, 5) is 24.1. The van der Waals surface area contributed by atoms with Gasteiger partial charge in [-0.1, -0.05) is 23.2 Å². The normalized spacial score (nSPS) is 14.7. The Hall–Kier alpha value is -2.48. The van der Waals surface area contributed by atoms with Crippen molar-refractivity contribution in [2.75, 3.05) is 31.6 Å². The highest BCUT2D eigenvalue weighted by atomic mass is 35.5. The number of rotatable bonds is 7. The average Bonchev–Trinajstić information content (AvgIpc) is 2.74. The third kappa shape index (κ3) is 7.40. The molecule has 160 valence electrons. The quantitative estimate of drug-likeness (QED) is 0.596. The minimum Gasteiger partial charge on any atom is -0.484 e. The van der Waals surface area contributed by atoms with E-state index in [1.54, 1.807) is 48.5 Å². The fourth-order valence-electron chi connectivity index (χ4n) is 3.08. The second-order valence-corrected chi connectivity index (χ2v) is 7.92. The molecule has 1 aliphatic heterocycles. The molecule has 0 aliphatic carbocycles. The fourth-order valence-corrected chi connectivity index (χ4v) is 3.33. The highest BCUT2D eigenvalue weighted by Crippen LogP contribution is 2.17. The standard InChI is InChI=1S/C21H24Cl2N4O3/c22-16-1-5-18(6-2-16)25-21(29)24-13-15-9-11-27(12-10-15)26-20(28)14-30-19-7-3-17(23)4-8-19/h1-8,15H,9-14H2,(H,26,28)(H2,24,25,29). The number of hydrogen-bond donors (Lipinski definition) is 3. The summed E-state index contributed by atoms with van der Waals surface area (Å²) in [6, 6.07) is 13.6. The predicted molar refractivity (Wildman–Crippen MR) is 118 cm³/mol. The molecule has 7 nitrogen and oxygen atoms in total. The van der Waals surface area contributed by atoms with Gasteiger partial charge < -0.3 is 15.4 Å². The molecule has 0 radical (unpaired) electrons. The van der Waals surface area contributed by atoms with Crippen molar-refractivity contribution < 1.29 is 14.3 Å². The maximum absolute atomic E-state index is 12.1. The second-order valence-electron chi connectivity index (χ2n) is 7.05. The van der Waals surface area contributed by atoms with Gasteiger partial charge in [0.1, 0.15) is 5.75 Å². The number of anilines is 1. The number of hydrazine groups is 1. The molecule has 0 spiro atoms. The third-order valence-corrected chi connectivity index (χ3v) is 5.24. The van der Waals surface area contributed by atoms with Gasteiger partial charge in [-0.2, -0.15) is 0 Å². The topological polar surface area (TPSA) is 82.7 Å². The smallest absolute Gasteiger partial charge is 0.319 e. The average molecular weight is 451 g/mol. The van der Waals surface area contributed by atoms with E-state index in [4.69, 9.17) is 27.9 Å². The van der Waals surface area contributed by atoms with E-state index in [0.29, 0.717) is 33.9 Å². The number of piperidine rings is 1. The molecule has 3 N–H and O–H groups in total. The minimum absolute atomic E-state index is 0.0615. The van der Waals surface area contributed by atoms with Gasteiger partial charge in [-0.15, -0.1) is 0 Å². The summed E-state index contributed by atoms with van der Waals surface area (Å²) in [7, 11) is 0. The van der Waals surface area contributed by atoms with Gasteiger partial charge in [0.15, 0.2) is 6.61 Å². The van der Waals surface area contributed by atoms with Gasteiger partial charge in [0.25, 0.3) is 5.91 Å². The number of benzene rings is 2. The van der Waals surface area contributed by atoms with Gasteiger partial charge in [-0.25, -0.2) is 9.80 Å². The lowest BCUT2D eigenvalue weighted by Gasteiger charge is -2.32. The maximum atomic E-state index is 12.1. The minimum atomic E-state index is -0.243. The van der Waals surface area contributed by atoms with Gasteiger partial charge >= 0.3 is 6.03 Å². The van der Waals surface area contributed by atoms with Crippen molar-refractivity contribution >= 4 is 40.8 Å². The van der Waals surface area contributed by atoms with Crippen LogP contribution >= 0.6 is 23.2 Å². The molecule has 0 bridgehead atoms. The summed E-state index contributed by atoms with van der Waals surface area (Å²) in [6.45, 7) is 1.96. The van der Waals surface area contributed by atoms with Crippen molar-refractivity contribution in [1.29, 1.82) is 0 Å². The van der Waals surface area contributed by atoms with Gasteiger partial charge in [0, 0.05) is 35.4 Å². The van der Waals surface area contributed by atoms with E-state index in [1.807, 2.05) is 5.01 Å². The molecular formula is C21H24Cl2N4O3. The lowest BCUT2D eigenvalue weighted by molar-refractivity contribution is -0.128. The Morgan fingerprint density at radius 3 is 2.20 bits per heavy atom. The Morgan fingerprint density at radius 1 is 0.967 bits per heavy atom. The number of ether oxygens (including phenoxy) is 1. The zero-order valence-electron chi connectivity index (χ0n) is 16.4.